The third kappa shape index (κ3) is 3.43. The summed E-state index contributed by atoms with van der Waals surface area (Å²) in [7, 11) is 0. The lowest BCUT2D eigenvalue weighted by molar-refractivity contribution is -0.275. The Kier molecular flexibility index (Phi) is 5.55. The highest BCUT2D eigenvalue weighted by Gasteiger charge is 2.46. The third-order valence-corrected chi connectivity index (χ3v) is 4.94. The van der Waals surface area contributed by atoms with E-state index in [1.165, 1.54) is 19.1 Å². The van der Waals surface area contributed by atoms with E-state index in [-0.39, 0.29) is 40.2 Å². The van der Waals surface area contributed by atoms with Gasteiger partial charge in [0.2, 0.25) is 0 Å². The Morgan fingerprint density at radius 2 is 1.86 bits per heavy atom. The zero-order valence-corrected chi connectivity index (χ0v) is 15.3. The molecule has 2 heterocycles. The van der Waals surface area contributed by atoms with E-state index in [4.69, 9.17) is 9.15 Å². The molecular weight excluding hydrogens is 372 g/mol. The van der Waals surface area contributed by atoms with Crippen LogP contribution < -0.4 is 5.43 Å². The molecule has 152 valence electrons. The fourth-order valence-corrected chi connectivity index (χ4v) is 3.60. The number of carbonyl (C=O) groups is 1. The third-order valence-electron chi connectivity index (χ3n) is 4.94. The quantitative estimate of drug-likeness (QED) is 0.468. The van der Waals surface area contributed by atoms with Gasteiger partial charge in [0.05, 0.1) is 30.1 Å². The minimum absolute atomic E-state index is 0.0628. The van der Waals surface area contributed by atoms with Gasteiger partial charge in [0, 0.05) is 12.0 Å². The van der Waals surface area contributed by atoms with Crippen LogP contribution in [-0.4, -0.2) is 56.4 Å². The number of carbonyl (C=O) groups excluding carboxylic acids is 1. The van der Waals surface area contributed by atoms with Crippen molar-refractivity contribution < 1.29 is 39.5 Å². The van der Waals surface area contributed by atoms with Gasteiger partial charge in [-0.3, -0.25) is 9.59 Å². The highest BCUT2D eigenvalue weighted by molar-refractivity contribution is 5.86. The highest BCUT2D eigenvalue weighted by Crippen LogP contribution is 2.43. The maximum atomic E-state index is 12.6. The number of phenolic OH excluding ortho intramolecular Hbond substituents is 1. The van der Waals surface area contributed by atoms with E-state index in [1.807, 2.05) is 0 Å². The Bertz CT molecular complexity index is 964. The number of aliphatic hydroxyl groups is 4. The van der Waals surface area contributed by atoms with Gasteiger partial charge in [-0.25, -0.2) is 0 Å². The maximum absolute atomic E-state index is 12.6. The molecule has 9 nitrogen and oxygen atoms in total. The molecule has 1 aliphatic heterocycles. The molecule has 1 aliphatic rings. The first kappa shape index (κ1) is 20.4. The number of ether oxygens (including phenoxy) is 1. The molecule has 3 rings (SSSR count). The Labute approximate surface area is 159 Å². The highest BCUT2D eigenvalue weighted by atomic mass is 16.6. The van der Waals surface area contributed by atoms with Crippen LogP contribution in [-0.2, 0) is 16.0 Å². The molecule has 9 heteroatoms. The van der Waals surface area contributed by atoms with Crippen molar-refractivity contribution in [1.82, 2.24) is 0 Å². The summed E-state index contributed by atoms with van der Waals surface area (Å²) in [5.41, 5.74) is -0.154. The number of ketones is 1. The average Bonchev–Trinajstić information content (AvgIpc) is 2.58. The summed E-state index contributed by atoms with van der Waals surface area (Å²) in [6.07, 6.45) is -6.42. The lowest BCUT2D eigenvalue weighted by atomic mass is 9.84. The molecule has 0 radical (unpaired) electrons. The fraction of sp³-hybridized carbons (Fsp3) is 0.474. The number of Topliss-reactive ketones (excluding diaryl/α,β-unsaturated/α-hetero) is 1. The second-order valence-electron chi connectivity index (χ2n) is 7.06. The van der Waals surface area contributed by atoms with Crippen LogP contribution in [0.2, 0.25) is 0 Å². The van der Waals surface area contributed by atoms with Crippen molar-refractivity contribution in [1.29, 1.82) is 0 Å². The molecule has 0 aliphatic carbocycles. The molecule has 0 saturated carbocycles. The molecule has 0 spiro atoms. The molecular formula is C19H22O9. The summed E-state index contributed by atoms with van der Waals surface area (Å²) >= 11 is 0. The number of hydrogen-bond acceptors (Lipinski definition) is 9. The molecule has 5 atom stereocenters. The van der Waals surface area contributed by atoms with Gasteiger partial charge in [-0.05, 0) is 25.5 Å². The van der Waals surface area contributed by atoms with E-state index in [9.17, 15) is 35.1 Å². The summed E-state index contributed by atoms with van der Waals surface area (Å²) in [6, 6.07) is 2.50. The standard InChI is InChI=1S/C19H22O9/c1-7-3-11(22)14(17-10(6-20)15(24)16(25)19(26)28-17)18-13(7)12(23)5-9(27-18)4-8(2)21/h3,5,10,15-17,19-20,22,24-26H,4,6H2,1-2H3/t10-,15-,16+,17-,19+/m0/s1. The number of hydrogen-bond donors (Lipinski definition) is 5. The Morgan fingerprint density at radius 1 is 1.18 bits per heavy atom. The van der Waals surface area contributed by atoms with Crippen LogP contribution >= 0.6 is 0 Å². The predicted octanol–water partition coefficient (Wildman–Crippen LogP) is -0.341. The monoisotopic (exact) mass is 394 g/mol. The lowest BCUT2D eigenvalue weighted by Crippen LogP contribution is -2.52. The Hall–Kier alpha value is -2.30. The Balaban J connectivity index is 2.28. The van der Waals surface area contributed by atoms with Crippen LogP contribution in [0.25, 0.3) is 11.0 Å². The van der Waals surface area contributed by atoms with Crippen LogP contribution in [0.5, 0.6) is 5.75 Å². The van der Waals surface area contributed by atoms with E-state index < -0.39 is 42.6 Å². The molecule has 1 saturated heterocycles. The average molecular weight is 394 g/mol. The molecule has 0 amide bonds. The number of aryl methyl sites for hydroxylation is 1. The van der Waals surface area contributed by atoms with Crippen molar-refractivity contribution in [3.8, 4) is 5.75 Å². The minimum atomic E-state index is -1.79. The second-order valence-corrected chi connectivity index (χ2v) is 7.06. The first-order valence-corrected chi connectivity index (χ1v) is 8.74. The van der Waals surface area contributed by atoms with Crippen LogP contribution in [0.4, 0.5) is 0 Å². The van der Waals surface area contributed by atoms with Gasteiger partial charge in [0.15, 0.2) is 11.7 Å². The van der Waals surface area contributed by atoms with Crippen LogP contribution in [0.1, 0.15) is 29.9 Å². The van der Waals surface area contributed by atoms with Gasteiger partial charge < -0.3 is 34.7 Å². The van der Waals surface area contributed by atoms with Gasteiger partial charge in [0.25, 0.3) is 0 Å². The van der Waals surface area contributed by atoms with Gasteiger partial charge >= 0.3 is 0 Å². The zero-order chi connectivity index (χ0) is 20.7. The normalized spacial score (nSPS) is 27.9. The SMILES string of the molecule is CC(=O)Cc1cc(=O)c2c(C)cc(O)c([C@H]3O[C@@H](O)[C@H](O)[C@@H](O)[C@@H]3CO)c2o1. The molecule has 1 fully saturated rings. The predicted molar refractivity (Wildman–Crippen MR) is 95.7 cm³/mol. The fourth-order valence-electron chi connectivity index (χ4n) is 3.60. The summed E-state index contributed by atoms with van der Waals surface area (Å²) in [5.74, 6) is -1.62. The van der Waals surface area contributed by atoms with E-state index in [2.05, 4.69) is 0 Å². The number of fused-ring (bicyclic) bond motifs is 1. The van der Waals surface area contributed by atoms with Crippen molar-refractivity contribution in [2.75, 3.05) is 6.61 Å². The molecule has 0 unspecified atom stereocenters. The molecule has 28 heavy (non-hydrogen) atoms. The molecule has 1 aromatic heterocycles. The number of benzene rings is 1. The van der Waals surface area contributed by atoms with E-state index >= 15 is 0 Å². The van der Waals surface area contributed by atoms with E-state index in [0.717, 1.165) is 0 Å². The van der Waals surface area contributed by atoms with Crippen molar-refractivity contribution in [3.63, 3.8) is 0 Å². The summed E-state index contributed by atoms with van der Waals surface area (Å²) < 4.78 is 11.1. The number of rotatable bonds is 4. The number of phenols is 1. The van der Waals surface area contributed by atoms with Gasteiger partial charge in [0.1, 0.15) is 35.1 Å². The smallest absolute Gasteiger partial charge is 0.193 e. The number of aliphatic hydroxyl groups excluding tert-OH is 4. The first-order chi connectivity index (χ1) is 13.1. The summed E-state index contributed by atoms with van der Waals surface area (Å²) in [6.45, 7) is 2.28. The molecule has 5 N–H and O–H groups in total. The van der Waals surface area contributed by atoms with Crippen LogP contribution in [0.3, 0.4) is 0 Å². The lowest BCUT2D eigenvalue weighted by Gasteiger charge is -2.40. The maximum Gasteiger partial charge on any atom is 0.193 e. The minimum Gasteiger partial charge on any atom is -0.507 e. The largest absolute Gasteiger partial charge is 0.507 e. The molecule has 0 bridgehead atoms. The zero-order valence-electron chi connectivity index (χ0n) is 15.3. The van der Waals surface area contributed by atoms with Gasteiger partial charge in [-0.2, -0.15) is 0 Å². The topological polar surface area (TPSA) is 158 Å². The summed E-state index contributed by atoms with van der Waals surface area (Å²) in [4.78, 5) is 24.0. The van der Waals surface area contributed by atoms with E-state index in [0.29, 0.717) is 5.56 Å². The summed E-state index contributed by atoms with van der Waals surface area (Å²) in [5, 5.41) is 50.3. The van der Waals surface area contributed by atoms with Crippen molar-refractivity contribution >= 4 is 16.8 Å². The number of aromatic hydroxyl groups is 1. The Morgan fingerprint density at radius 3 is 2.46 bits per heavy atom. The van der Waals surface area contributed by atoms with Gasteiger partial charge in [-0.1, -0.05) is 0 Å². The van der Waals surface area contributed by atoms with Crippen molar-refractivity contribution in [2.24, 2.45) is 5.92 Å². The van der Waals surface area contributed by atoms with Crippen LogP contribution in [0, 0.1) is 12.8 Å². The van der Waals surface area contributed by atoms with Crippen molar-refractivity contribution in [2.45, 2.75) is 44.9 Å². The van der Waals surface area contributed by atoms with Crippen molar-refractivity contribution in [3.05, 3.63) is 39.2 Å². The second kappa shape index (κ2) is 7.61. The first-order valence-electron chi connectivity index (χ1n) is 8.74. The van der Waals surface area contributed by atoms with E-state index in [1.54, 1.807) is 6.92 Å². The van der Waals surface area contributed by atoms with Crippen LogP contribution in [0.15, 0.2) is 21.3 Å². The molecule has 2 aromatic rings. The van der Waals surface area contributed by atoms with Gasteiger partial charge in [-0.15, -0.1) is 0 Å². The molecule has 1 aromatic carbocycles.